The molecule has 4 nitrogen and oxygen atoms in total. The van der Waals surface area contributed by atoms with Crippen LogP contribution in [-0.2, 0) is 14.3 Å². The lowest BCUT2D eigenvalue weighted by Crippen LogP contribution is -2.40. The standard InChI is InChI=1S/C10H18BrNO3/c1-7-3-4-15-9(7)10(13)12-5-8(11)6-14-2/h7-9H,3-6H2,1-2H3,(H,12,13). The summed E-state index contributed by atoms with van der Waals surface area (Å²) < 4.78 is 10.3. The van der Waals surface area contributed by atoms with Gasteiger partial charge >= 0.3 is 0 Å². The topological polar surface area (TPSA) is 47.6 Å². The predicted molar refractivity (Wildman–Crippen MR) is 61.1 cm³/mol. The van der Waals surface area contributed by atoms with Gasteiger partial charge in [-0.1, -0.05) is 22.9 Å². The van der Waals surface area contributed by atoms with Gasteiger partial charge in [-0.2, -0.15) is 0 Å². The Morgan fingerprint density at radius 2 is 2.47 bits per heavy atom. The van der Waals surface area contributed by atoms with Gasteiger partial charge in [0.1, 0.15) is 6.10 Å². The Kier molecular flexibility index (Phi) is 5.56. The molecule has 0 saturated carbocycles. The second kappa shape index (κ2) is 6.45. The lowest BCUT2D eigenvalue weighted by atomic mass is 10.0. The largest absolute Gasteiger partial charge is 0.383 e. The molecule has 0 radical (unpaired) electrons. The molecule has 5 heteroatoms. The number of hydrogen-bond donors (Lipinski definition) is 1. The maximum atomic E-state index is 11.7. The molecule has 0 spiro atoms. The van der Waals surface area contributed by atoms with Crippen molar-refractivity contribution in [1.29, 1.82) is 0 Å². The van der Waals surface area contributed by atoms with Crippen LogP contribution >= 0.6 is 15.9 Å². The molecule has 1 N–H and O–H groups in total. The summed E-state index contributed by atoms with van der Waals surface area (Å²) in [5.74, 6) is 0.307. The first kappa shape index (κ1) is 12.9. The highest BCUT2D eigenvalue weighted by Gasteiger charge is 2.30. The van der Waals surface area contributed by atoms with Gasteiger partial charge in [0, 0.05) is 20.3 Å². The second-order valence-electron chi connectivity index (χ2n) is 3.86. The molecule has 1 aliphatic rings. The maximum absolute atomic E-state index is 11.7. The quantitative estimate of drug-likeness (QED) is 0.762. The van der Waals surface area contributed by atoms with E-state index in [9.17, 15) is 4.79 Å². The van der Waals surface area contributed by atoms with Crippen molar-refractivity contribution < 1.29 is 14.3 Å². The molecular formula is C10H18BrNO3. The highest BCUT2D eigenvalue weighted by Crippen LogP contribution is 2.19. The Morgan fingerprint density at radius 3 is 3.00 bits per heavy atom. The van der Waals surface area contributed by atoms with E-state index in [1.54, 1.807) is 7.11 Å². The molecule has 88 valence electrons. The van der Waals surface area contributed by atoms with Gasteiger partial charge in [0.2, 0.25) is 5.91 Å². The summed E-state index contributed by atoms with van der Waals surface area (Å²) in [6.07, 6.45) is 0.695. The van der Waals surface area contributed by atoms with Crippen molar-refractivity contribution >= 4 is 21.8 Å². The molecule has 3 atom stereocenters. The van der Waals surface area contributed by atoms with Gasteiger partial charge in [0.05, 0.1) is 11.4 Å². The van der Waals surface area contributed by atoms with Crippen LogP contribution in [0.4, 0.5) is 0 Å². The van der Waals surface area contributed by atoms with E-state index in [4.69, 9.17) is 9.47 Å². The fourth-order valence-corrected chi connectivity index (χ4v) is 2.01. The fraction of sp³-hybridized carbons (Fsp3) is 0.900. The molecule has 0 aliphatic carbocycles. The highest BCUT2D eigenvalue weighted by molar-refractivity contribution is 9.09. The van der Waals surface area contributed by atoms with Crippen LogP contribution in [0.25, 0.3) is 0 Å². The summed E-state index contributed by atoms with van der Waals surface area (Å²) in [7, 11) is 1.64. The molecule has 3 unspecified atom stereocenters. The summed E-state index contributed by atoms with van der Waals surface area (Å²) in [4.78, 5) is 11.8. The van der Waals surface area contributed by atoms with Crippen LogP contribution in [-0.4, -0.2) is 43.7 Å². The third-order valence-electron chi connectivity index (χ3n) is 2.49. The molecule has 15 heavy (non-hydrogen) atoms. The number of hydrogen-bond acceptors (Lipinski definition) is 3. The van der Waals surface area contributed by atoms with Crippen LogP contribution in [0, 0.1) is 5.92 Å². The summed E-state index contributed by atoms with van der Waals surface area (Å²) in [5.41, 5.74) is 0. The lowest BCUT2D eigenvalue weighted by Gasteiger charge is -2.16. The smallest absolute Gasteiger partial charge is 0.249 e. The molecule has 1 aliphatic heterocycles. The van der Waals surface area contributed by atoms with Crippen LogP contribution in [0.3, 0.4) is 0 Å². The summed E-state index contributed by atoms with van der Waals surface area (Å²) in [6, 6.07) is 0. The van der Waals surface area contributed by atoms with Crippen molar-refractivity contribution in [1.82, 2.24) is 5.32 Å². The van der Waals surface area contributed by atoms with Crippen LogP contribution < -0.4 is 5.32 Å². The second-order valence-corrected chi connectivity index (χ2v) is 5.15. The van der Waals surface area contributed by atoms with Crippen LogP contribution in [0.5, 0.6) is 0 Å². The predicted octanol–water partition coefficient (Wildman–Crippen LogP) is 0.937. The average molecular weight is 280 g/mol. The van der Waals surface area contributed by atoms with Gasteiger partial charge in [-0.25, -0.2) is 0 Å². The average Bonchev–Trinajstić information content (AvgIpc) is 2.61. The summed E-state index contributed by atoms with van der Waals surface area (Å²) in [6.45, 7) is 3.88. The molecule has 1 heterocycles. The van der Waals surface area contributed by atoms with E-state index in [0.717, 1.165) is 6.42 Å². The first-order valence-corrected chi connectivity index (χ1v) is 6.09. The first-order chi connectivity index (χ1) is 7.15. The third kappa shape index (κ3) is 4.09. The minimum Gasteiger partial charge on any atom is -0.383 e. The molecule has 0 bridgehead atoms. The van der Waals surface area contributed by atoms with E-state index < -0.39 is 0 Å². The van der Waals surface area contributed by atoms with Crippen molar-refractivity contribution in [3.63, 3.8) is 0 Å². The minimum absolute atomic E-state index is 0.0134. The van der Waals surface area contributed by atoms with Crippen molar-refractivity contribution in [3.8, 4) is 0 Å². The van der Waals surface area contributed by atoms with E-state index in [0.29, 0.717) is 25.7 Å². The summed E-state index contributed by atoms with van der Waals surface area (Å²) in [5, 5.41) is 2.85. The monoisotopic (exact) mass is 279 g/mol. The van der Waals surface area contributed by atoms with Gasteiger partial charge < -0.3 is 14.8 Å². The van der Waals surface area contributed by atoms with Crippen LogP contribution in [0.15, 0.2) is 0 Å². The number of methoxy groups -OCH3 is 1. The van der Waals surface area contributed by atoms with Crippen LogP contribution in [0.2, 0.25) is 0 Å². The third-order valence-corrected chi connectivity index (χ3v) is 3.08. The zero-order valence-corrected chi connectivity index (χ0v) is 10.7. The number of alkyl halides is 1. The maximum Gasteiger partial charge on any atom is 0.249 e. The van der Waals surface area contributed by atoms with Crippen molar-refractivity contribution in [2.45, 2.75) is 24.3 Å². The molecule has 1 fully saturated rings. The van der Waals surface area contributed by atoms with Gasteiger partial charge in [-0.3, -0.25) is 4.79 Å². The number of halogens is 1. The number of carbonyl (C=O) groups is 1. The summed E-state index contributed by atoms with van der Waals surface area (Å²) >= 11 is 3.41. The van der Waals surface area contributed by atoms with E-state index in [-0.39, 0.29) is 16.8 Å². The van der Waals surface area contributed by atoms with Gasteiger partial charge in [-0.15, -0.1) is 0 Å². The fourth-order valence-electron chi connectivity index (χ4n) is 1.58. The Hall–Kier alpha value is -0.130. The Morgan fingerprint density at radius 1 is 1.73 bits per heavy atom. The minimum atomic E-state index is -0.271. The van der Waals surface area contributed by atoms with Gasteiger partial charge in [-0.05, 0) is 12.3 Å². The van der Waals surface area contributed by atoms with Gasteiger partial charge in [0.15, 0.2) is 0 Å². The Balaban J connectivity index is 2.23. The van der Waals surface area contributed by atoms with Crippen molar-refractivity contribution in [2.24, 2.45) is 5.92 Å². The SMILES string of the molecule is COCC(Br)CNC(=O)C1OCCC1C. The highest BCUT2D eigenvalue weighted by atomic mass is 79.9. The van der Waals surface area contributed by atoms with E-state index in [2.05, 4.69) is 21.2 Å². The van der Waals surface area contributed by atoms with E-state index >= 15 is 0 Å². The first-order valence-electron chi connectivity index (χ1n) is 5.17. The Labute approximate surface area is 98.8 Å². The van der Waals surface area contributed by atoms with E-state index in [1.165, 1.54) is 0 Å². The molecule has 0 aromatic carbocycles. The zero-order chi connectivity index (χ0) is 11.3. The Bertz CT molecular complexity index is 213. The zero-order valence-electron chi connectivity index (χ0n) is 9.16. The number of nitrogens with one attached hydrogen (secondary N) is 1. The molecule has 0 aromatic heterocycles. The molecular weight excluding hydrogens is 262 g/mol. The van der Waals surface area contributed by atoms with Gasteiger partial charge in [0.25, 0.3) is 0 Å². The van der Waals surface area contributed by atoms with E-state index in [1.807, 2.05) is 6.92 Å². The van der Waals surface area contributed by atoms with Crippen molar-refractivity contribution in [3.05, 3.63) is 0 Å². The van der Waals surface area contributed by atoms with Crippen LogP contribution in [0.1, 0.15) is 13.3 Å². The molecule has 1 rings (SSSR count). The number of rotatable bonds is 5. The number of ether oxygens (including phenoxy) is 2. The molecule has 1 amide bonds. The molecule has 0 aromatic rings. The van der Waals surface area contributed by atoms with Crippen molar-refractivity contribution in [2.75, 3.05) is 26.9 Å². The lowest BCUT2D eigenvalue weighted by molar-refractivity contribution is -0.131. The number of carbonyl (C=O) groups excluding carboxylic acids is 1. The number of amides is 1. The molecule has 1 saturated heterocycles. The normalized spacial score (nSPS) is 27.7.